The molecule has 5 aromatic rings. The van der Waals surface area contributed by atoms with Gasteiger partial charge in [-0.2, -0.15) is 0 Å². The van der Waals surface area contributed by atoms with Crippen molar-refractivity contribution >= 4 is 58.2 Å². The number of aromatic hydroxyl groups is 2. The Morgan fingerprint density at radius 3 is 2.09 bits per heavy atom. The maximum Gasteiger partial charge on any atom is 0.313 e. The number of para-hydroxylation sites is 1. The van der Waals surface area contributed by atoms with Crippen LogP contribution < -0.4 is 56.8 Å². The van der Waals surface area contributed by atoms with E-state index in [1.165, 1.54) is 20.3 Å². The van der Waals surface area contributed by atoms with Crippen LogP contribution in [0.4, 0.5) is 0 Å². The Morgan fingerprint density at radius 1 is 0.835 bits per heavy atom. The zero-order valence-corrected chi connectivity index (χ0v) is 44.9. The minimum atomic E-state index is -1.33. The summed E-state index contributed by atoms with van der Waals surface area (Å²) in [6, 6.07) is 12.1. The molecule has 0 bridgehead atoms. The van der Waals surface area contributed by atoms with E-state index >= 15 is 0 Å². The third-order valence-corrected chi connectivity index (χ3v) is 15.7. The van der Waals surface area contributed by atoms with Crippen LogP contribution in [-0.2, 0) is 46.5 Å². The van der Waals surface area contributed by atoms with Gasteiger partial charge in [-0.1, -0.05) is 25.1 Å². The maximum atomic E-state index is 14.0. The highest BCUT2D eigenvalue weighted by Gasteiger charge is 2.52. The first-order chi connectivity index (χ1) is 38.0. The van der Waals surface area contributed by atoms with E-state index in [0.717, 1.165) is 32.8 Å². The van der Waals surface area contributed by atoms with Gasteiger partial charge in [-0.3, -0.25) is 33.3 Å². The average Bonchev–Trinajstić information content (AvgIpc) is 4.31. The Balaban J connectivity index is 0.899. The van der Waals surface area contributed by atoms with Gasteiger partial charge < -0.3 is 81.9 Å². The number of methoxy groups -OCH3 is 2. The molecule has 24 heteroatoms. The summed E-state index contributed by atoms with van der Waals surface area (Å²) < 4.78 is 34.9. The molecule has 1 fully saturated rings. The second-order valence-corrected chi connectivity index (χ2v) is 20.9. The number of amides is 4. The van der Waals surface area contributed by atoms with Crippen LogP contribution in [0.25, 0.3) is 10.9 Å². The zero-order chi connectivity index (χ0) is 56.5. The number of rotatable bonds is 27. The second-order valence-electron chi connectivity index (χ2n) is 19.8. The van der Waals surface area contributed by atoms with Gasteiger partial charge in [-0.05, 0) is 111 Å². The molecule has 8 rings (SSSR count). The van der Waals surface area contributed by atoms with Gasteiger partial charge in [0.05, 0.1) is 44.2 Å². The Hall–Kier alpha value is -7.67. The zero-order valence-electron chi connectivity index (χ0n) is 44.1. The van der Waals surface area contributed by atoms with Gasteiger partial charge in [0.15, 0.2) is 28.9 Å². The number of nitrogens with zero attached hydrogens (tertiary/aromatic N) is 1. The normalized spacial score (nSPS) is 18.6. The summed E-state index contributed by atoms with van der Waals surface area (Å²) in [5.41, 5.74) is 20.9. The number of carbonyl (C=O) groups is 6. The lowest BCUT2D eigenvalue weighted by Gasteiger charge is -2.37. The fourth-order valence-electron chi connectivity index (χ4n) is 10.4. The molecule has 3 aliphatic rings. The molecule has 23 nitrogen and oxygen atoms in total. The molecule has 0 spiro atoms. The highest BCUT2D eigenvalue weighted by molar-refractivity contribution is 7.99. The number of cyclic esters (lactones) is 1. The molecule has 0 saturated carbocycles. The lowest BCUT2D eigenvalue weighted by Crippen LogP contribution is -2.57. The molecular formula is C55H68N8O15S. The predicted molar refractivity (Wildman–Crippen MR) is 288 cm³/mol. The third-order valence-electron chi connectivity index (χ3n) is 14.6. The molecule has 1 saturated heterocycles. The van der Waals surface area contributed by atoms with Crippen LogP contribution in [0.3, 0.4) is 0 Å². The summed E-state index contributed by atoms with van der Waals surface area (Å²) in [4.78, 5) is 84.4. The molecule has 79 heavy (non-hydrogen) atoms. The molecule has 13 N–H and O–H groups in total. The number of thioether (sulfide) groups is 1. The van der Waals surface area contributed by atoms with E-state index in [-0.39, 0.29) is 73.0 Å². The van der Waals surface area contributed by atoms with Crippen molar-refractivity contribution in [2.24, 2.45) is 35.0 Å². The van der Waals surface area contributed by atoms with Crippen molar-refractivity contribution < 1.29 is 72.5 Å². The number of H-pyrrole nitrogens is 1. The van der Waals surface area contributed by atoms with Crippen molar-refractivity contribution in [1.82, 2.24) is 25.5 Å². The fourth-order valence-corrected chi connectivity index (χ4v) is 11.4. The van der Waals surface area contributed by atoms with Gasteiger partial charge in [0, 0.05) is 53.2 Å². The number of benzene rings is 3. The average molecular weight is 1110 g/mol. The van der Waals surface area contributed by atoms with Crippen LogP contribution >= 0.6 is 11.8 Å². The quantitative estimate of drug-likeness (QED) is 0.0156. The molecule has 2 aliphatic heterocycles. The van der Waals surface area contributed by atoms with E-state index in [1.807, 2.05) is 30.5 Å². The van der Waals surface area contributed by atoms with Crippen LogP contribution in [0, 0.1) is 17.8 Å². The van der Waals surface area contributed by atoms with Crippen molar-refractivity contribution in [3.05, 3.63) is 83.0 Å². The number of nitrogens with two attached hydrogens (primary N) is 3. The lowest BCUT2D eigenvalue weighted by molar-refractivity contribution is -0.142. The molecule has 4 amide bonds. The SMILES string of the molecule is COc1cc([C@@H]2c3cc4c(cc3[C@@H](O)[C@H]3COC(=O)[C@H]23)OCO4)cc(OC)c1OC(=O)CCn1c(O)cc(SCC(NC(=O)[C@H](CCCCN)NC(=O)[C@H](CCCCN)NC(=O)[C@@H](C)Cc2c[nH]c3ccccc23)C(N)=O)c1O. The number of aliphatic hydroxyl groups is 1. The smallest absolute Gasteiger partial charge is 0.313 e. The van der Waals surface area contributed by atoms with E-state index in [1.54, 1.807) is 31.2 Å². The van der Waals surface area contributed by atoms with E-state index in [0.29, 0.717) is 73.4 Å². The van der Waals surface area contributed by atoms with E-state index < -0.39 is 89.3 Å². The van der Waals surface area contributed by atoms with Gasteiger partial charge in [-0.15, -0.1) is 11.8 Å². The molecule has 1 aliphatic carbocycles. The summed E-state index contributed by atoms with van der Waals surface area (Å²) in [6.07, 6.45) is 3.35. The van der Waals surface area contributed by atoms with Crippen molar-refractivity contribution in [1.29, 1.82) is 0 Å². The van der Waals surface area contributed by atoms with Crippen LogP contribution in [-0.4, -0.2) is 125 Å². The first-order valence-corrected chi connectivity index (χ1v) is 27.2. The van der Waals surface area contributed by atoms with E-state index in [9.17, 15) is 44.1 Å². The van der Waals surface area contributed by atoms with Gasteiger partial charge in [0.1, 0.15) is 18.1 Å². The number of hydrogen-bond acceptors (Lipinski definition) is 18. The molecule has 4 heterocycles. The first-order valence-electron chi connectivity index (χ1n) is 26.2. The topological polar surface area (TPSA) is 353 Å². The number of fused-ring (bicyclic) bond motifs is 4. The number of aromatic nitrogens is 2. The molecule has 3 aromatic carbocycles. The number of unbranched alkanes of at least 4 members (excludes halogenated alkanes) is 2. The predicted octanol–water partition coefficient (Wildman–Crippen LogP) is 3.26. The summed E-state index contributed by atoms with van der Waals surface area (Å²) in [5.74, 6) is -6.52. The van der Waals surface area contributed by atoms with Gasteiger partial charge >= 0.3 is 11.9 Å². The van der Waals surface area contributed by atoms with Crippen molar-refractivity contribution in [2.75, 3.05) is 46.5 Å². The van der Waals surface area contributed by atoms with Crippen LogP contribution in [0.2, 0.25) is 0 Å². The molecule has 2 aromatic heterocycles. The monoisotopic (exact) mass is 1110 g/mol. The van der Waals surface area contributed by atoms with Crippen molar-refractivity contribution in [2.45, 2.75) is 99.9 Å². The Bertz CT molecular complexity index is 3030. The standard InChI is InChI=1S/C55H68N8O15S/c1-28(18-30-24-59-35-11-5-4-10-31(30)35)51(68)60-36(12-6-8-15-56)52(69)61-37(13-7-9-16-57)53(70)62-38(50(58)67)26-79-43-23-44(64)63(54(43)71)17-14-45(65)78-49-41(73-2)19-29(20-42(49)74-3)46-32-21-39-40(77-27-76-39)22-33(32)48(66)34-25-75-55(72)47(34)46/h4-5,10-11,19-24,28,34,36-38,46-48,59,64,66,71H,6-9,12-18,25-27,56-57H2,1-3H3,(H2,58,67)(H,60,68)(H,61,69)(H,62,70)/t28-,34-,36-,37-,38?,46+,47-,48+/m0/s1. The fraction of sp³-hybridized carbons (Fsp3) is 0.455. The lowest BCUT2D eigenvalue weighted by atomic mass is 9.66. The van der Waals surface area contributed by atoms with Crippen LogP contribution in [0.5, 0.6) is 40.5 Å². The summed E-state index contributed by atoms with van der Waals surface area (Å²) in [7, 11) is 2.73. The van der Waals surface area contributed by atoms with Gasteiger partial charge in [0.25, 0.3) is 0 Å². The van der Waals surface area contributed by atoms with E-state index in [2.05, 4.69) is 20.9 Å². The van der Waals surface area contributed by atoms with Crippen molar-refractivity contribution in [3.8, 4) is 40.5 Å². The van der Waals surface area contributed by atoms with Gasteiger partial charge in [-0.25, -0.2) is 0 Å². The summed E-state index contributed by atoms with van der Waals surface area (Å²) in [5, 5.41) is 42.8. The largest absolute Gasteiger partial charge is 0.494 e. The highest BCUT2D eigenvalue weighted by atomic mass is 32.2. The Kier molecular flexibility index (Phi) is 18.8. The number of carbonyl (C=O) groups excluding carboxylic acids is 6. The second kappa shape index (κ2) is 25.9. The minimum Gasteiger partial charge on any atom is -0.494 e. The molecular weight excluding hydrogens is 1040 g/mol. The number of ether oxygens (including phenoxy) is 6. The Morgan fingerprint density at radius 2 is 1.46 bits per heavy atom. The Labute approximate surface area is 459 Å². The molecule has 0 radical (unpaired) electrons. The minimum absolute atomic E-state index is 0.00212. The number of aromatic amines is 1. The summed E-state index contributed by atoms with van der Waals surface area (Å²) >= 11 is 0.887. The van der Waals surface area contributed by atoms with Crippen molar-refractivity contribution in [3.63, 3.8) is 0 Å². The third kappa shape index (κ3) is 12.9. The number of esters is 2. The first kappa shape index (κ1) is 57.5. The molecule has 8 atom stereocenters. The van der Waals surface area contributed by atoms with Gasteiger partial charge in [0.2, 0.25) is 42.1 Å². The molecule has 424 valence electrons. The number of nitrogens with one attached hydrogen (secondary N) is 4. The van der Waals surface area contributed by atoms with Crippen LogP contribution in [0.1, 0.15) is 86.1 Å². The van der Waals surface area contributed by atoms with Crippen LogP contribution in [0.15, 0.2) is 65.7 Å². The number of primary amides is 1. The summed E-state index contributed by atoms with van der Waals surface area (Å²) in [6.45, 7) is 2.20. The molecule has 1 unspecified atom stereocenters. The number of aliphatic hydroxyl groups excluding tert-OH is 1. The maximum absolute atomic E-state index is 14.0. The number of hydrogen-bond donors (Lipinski definition) is 10. The highest BCUT2D eigenvalue weighted by Crippen LogP contribution is 2.55. The van der Waals surface area contributed by atoms with E-state index in [4.69, 9.17) is 45.6 Å².